The van der Waals surface area contributed by atoms with Gasteiger partial charge >= 0.3 is 6.09 Å². The van der Waals surface area contributed by atoms with Gasteiger partial charge < -0.3 is 20.0 Å². The van der Waals surface area contributed by atoms with E-state index in [4.69, 9.17) is 4.74 Å². The Morgan fingerprint density at radius 2 is 1.69 bits per heavy atom. The van der Waals surface area contributed by atoms with Crippen LogP contribution in [-0.2, 0) is 9.53 Å². The van der Waals surface area contributed by atoms with Gasteiger partial charge in [-0.3, -0.25) is 0 Å². The number of carboxylic acids is 1. The van der Waals surface area contributed by atoms with Crippen molar-refractivity contribution in [3.63, 3.8) is 0 Å². The van der Waals surface area contributed by atoms with E-state index in [1.54, 1.807) is 0 Å². The minimum Gasteiger partial charge on any atom is -0.548 e. The van der Waals surface area contributed by atoms with Gasteiger partial charge in [-0.25, -0.2) is 4.79 Å². The molecule has 6 heteroatoms. The molecule has 1 amide bonds. The van der Waals surface area contributed by atoms with Crippen LogP contribution < -0.4 is 10.4 Å². The molecule has 1 N–H and O–H groups in total. The van der Waals surface area contributed by atoms with E-state index in [-0.39, 0.29) is 18.3 Å². The smallest absolute Gasteiger partial charge is 0.407 e. The molecule has 0 unspecified atom stereocenters. The number of fused-ring (bicyclic) bond motifs is 3. The van der Waals surface area contributed by atoms with E-state index >= 15 is 0 Å². The molecule has 5 nitrogen and oxygen atoms in total. The largest absolute Gasteiger partial charge is 0.548 e. The molecule has 26 heavy (non-hydrogen) atoms. The van der Waals surface area contributed by atoms with Gasteiger partial charge in [0.15, 0.2) is 0 Å². The highest BCUT2D eigenvalue weighted by molar-refractivity contribution is 7.99. The lowest BCUT2D eigenvalue weighted by molar-refractivity contribution is -0.307. The maximum Gasteiger partial charge on any atom is 0.407 e. The van der Waals surface area contributed by atoms with Crippen LogP contribution >= 0.6 is 11.8 Å². The molecule has 2 aromatic rings. The third-order valence-corrected chi connectivity index (χ3v) is 5.39. The second-order valence-electron chi connectivity index (χ2n) is 6.00. The predicted molar refractivity (Wildman–Crippen MR) is 100.0 cm³/mol. The Bertz CT molecular complexity index is 762. The lowest BCUT2D eigenvalue weighted by atomic mass is 9.98. The Balaban J connectivity index is 1.68. The van der Waals surface area contributed by atoms with Gasteiger partial charge in [-0.1, -0.05) is 55.5 Å². The van der Waals surface area contributed by atoms with Gasteiger partial charge in [0.05, 0.1) is 12.0 Å². The number of nitrogens with one attached hydrogen (secondary N) is 1. The van der Waals surface area contributed by atoms with Crippen molar-refractivity contribution < 1.29 is 19.4 Å². The molecule has 2 aromatic carbocycles. The van der Waals surface area contributed by atoms with Crippen LogP contribution in [0.3, 0.4) is 0 Å². The zero-order valence-electron chi connectivity index (χ0n) is 14.4. The Kier molecular flexibility index (Phi) is 5.83. The number of alkyl carbamates (subject to hydrolysis) is 1. The van der Waals surface area contributed by atoms with Crippen LogP contribution in [0.4, 0.5) is 4.79 Å². The highest BCUT2D eigenvalue weighted by Gasteiger charge is 2.29. The first-order valence-electron chi connectivity index (χ1n) is 8.52. The molecular formula is C20H20NO4S-. The van der Waals surface area contributed by atoms with Crippen molar-refractivity contribution >= 4 is 23.8 Å². The summed E-state index contributed by atoms with van der Waals surface area (Å²) >= 11 is 1.42. The predicted octanol–water partition coefficient (Wildman–Crippen LogP) is 2.40. The fraction of sp³-hybridized carbons (Fsp3) is 0.300. The number of hydrogen-bond acceptors (Lipinski definition) is 5. The van der Waals surface area contributed by atoms with Crippen LogP contribution in [0.1, 0.15) is 24.0 Å². The molecule has 0 spiro atoms. The third-order valence-electron chi connectivity index (χ3n) is 4.41. The number of carbonyl (C=O) groups excluding carboxylic acids is 2. The molecule has 0 bridgehead atoms. The van der Waals surface area contributed by atoms with E-state index in [9.17, 15) is 14.7 Å². The summed E-state index contributed by atoms with van der Waals surface area (Å²) in [5, 5.41) is 13.5. The highest BCUT2D eigenvalue weighted by atomic mass is 32.2. The summed E-state index contributed by atoms with van der Waals surface area (Å²) in [6, 6.07) is 15.0. The van der Waals surface area contributed by atoms with E-state index in [0.717, 1.165) is 28.0 Å². The van der Waals surface area contributed by atoms with Crippen molar-refractivity contribution in [3.05, 3.63) is 59.7 Å². The van der Waals surface area contributed by atoms with Crippen molar-refractivity contribution in [2.24, 2.45) is 0 Å². The van der Waals surface area contributed by atoms with Gasteiger partial charge in [-0.15, -0.1) is 0 Å². The van der Waals surface area contributed by atoms with E-state index in [0.29, 0.717) is 0 Å². The van der Waals surface area contributed by atoms with E-state index < -0.39 is 18.1 Å². The van der Waals surface area contributed by atoms with Crippen LogP contribution in [0.25, 0.3) is 11.1 Å². The highest BCUT2D eigenvalue weighted by Crippen LogP contribution is 2.44. The minimum absolute atomic E-state index is 0.0560. The number of benzene rings is 2. The Morgan fingerprint density at radius 1 is 1.12 bits per heavy atom. The van der Waals surface area contributed by atoms with Crippen LogP contribution in [0.5, 0.6) is 0 Å². The van der Waals surface area contributed by atoms with E-state index in [1.165, 1.54) is 11.8 Å². The number of hydrogen-bond donors (Lipinski definition) is 1. The molecule has 0 saturated heterocycles. The van der Waals surface area contributed by atoms with Crippen LogP contribution in [-0.4, -0.2) is 36.2 Å². The number of rotatable bonds is 7. The molecule has 0 aliphatic heterocycles. The summed E-state index contributed by atoms with van der Waals surface area (Å²) in [5.74, 6) is -0.349. The van der Waals surface area contributed by atoms with Crippen molar-refractivity contribution in [2.45, 2.75) is 18.9 Å². The summed E-state index contributed by atoms with van der Waals surface area (Å²) in [6.07, 6.45) is -0.738. The number of carbonyl (C=O) groups is 2. The molecule has 0 radical (unpaired) electrons. The monoisotopic (exact) mass is 370 g/mol. The van der Waals surface area contributed by atoms with E-state index in [2.05, 4.69) is 17.4 Å². The first-order valence-corrected chi connectivity index (χ1v) is 9.67. The molecule has 136 valence electrons. The lowest BCUT2D eigenvalue weighted by Crippen LogP contribution is -2.49. The van der Waals surface area contributed by atoms with Gasteiger partial charge in [0, 0.05) is 11.7 Å². The second kappa shape index (κ2) is 8.27. The van der Waals surface area contributed by atoms with Gasteiger partial charge in [0.1, 0.15) is 6.61 Å². The van der Waals surface area contributed by atoms with Crippen molar-refractivity contribution in [3.8, 4) is 11.1 Å². The third kappa shape index (κ3) is 3.85. The lowest BCUT2D eigenvalue weighted by Gasteiger charge is -2.20. The zero-order chi connectivity index (χ0) is 18.5. The maximum atomic E-state index is 12.1. The number of amides is 1. The first-order chi connectivity index (χ1) is 12.6. The number of carboxylic acid groups (broad SMARTS) is 1. The van der Waals surface area contributed by atoms with Gasteiger partial charge in [-0.2, -0.15) is 11.8 Å². The molecule has 1 aliphatic rings. The van der Waals surface area contributed by atoms with Crippen LogP contribution in [0, 0.1) is 0 Å². The molecule has 3 rings (SSSR count). The van der Waals surface area contributed by atoms with Gasteiger partial charge in [0.25, 0.3) is 0 Å². The topological polar surface area (TPSA) is 78.5 Å². The quantitative estimate of drug-likeness (QED) is 0.810. The molecule has 0 fully saturated rings. The minimum atomic E-state index is -1.31. The number of ether oxygens (including phenoxy) is 1. The maximum absolute atomic E-state index is 12.1. The summed E-state index contributed by atoms with van der Waals surface area (Å²) in [6.45, 7) is 2.07. The SMILES string of the molecule is CCSC[C@H](NC(=O)OCC1c2ccccc2-c2ccccc21)C(=O)[O-]. The Morgan fingerprint density at radius 3 is 2.23 bits per heavy atom. The average molecular weight is 370 g/mol. The molecule has 0 heterocycles. The van der Waals surface area contributed by atoms with Crippen molar-refractivity contribution in [2.75, 3.05) is 18.1 Å². The summed E-state index contributed by atoms with van der Waals surface area (Å²) in [7, 11) is 0. The Labute approximate surface area is 156 Å². The second-order valence-corrected chi connectivity index (χ2v) is 7.32. The normalized spacial score (nSPS) is 13.6. The number of aliphatic carboxylic acids is 1. The van der Waals surface area contributed by atoms with Crippen LogP contribution in [0.2, 0.25) is 0 Å². The molecule has 1 aliphatic carbocycles. The first kappa shape index (κ1) is 18.3. The van der Waals surface area contributed by atoms with Gasteiger partial charge in [-0.05, 0) is 28.0 Å². The number of thioether (sulfide) groups is 1. The zero-order valence-corrected chi connectivity index (χ0v) is 15.3. The Hall–Kier alpha value is -2.47. The van der Waals surface area contributed by atoms with Crippen molar-refractivity contribution in [1.29, 1.82) is 0 Å². The molecular weight excluding hydrogens is 350 g/mol. The fourth-order valence-corrected chi connectivity index (χ4v) is 3.88. The summed E-state index contributed by atoms with van der Waals surface area (Å²) in [5.41, 5.74) is 4.51. The average Bonchev–Trinajstić information content (AvgIpc) is 2.97. The molecule has 1 atom stereocenters. The van der Waals surface area contributed by atoms with E-state index in [1.807, 2.05) is 43.3 Å². The molecule has 0 saturated carbocycles. The van der Waals surface area contributed by atoms with Crippen LogP contribution in [0.15, 0.2) is 48.5 Å². The van der Waals surface area contributed by atoms with Gasteiger partial charge in [0.2, 0.25) is 0 Å². The van der Waals surface area contributed by atoms with Crippen molar-refractivity contribution in [1.82, 2.24) is 5.32 Å². The summed E-state index contributed by atoms with van der Waals surface area (Å²) in [4.78, 5) is 23.2. The standard InChI is InChI=1S/C20H21NO4S/c1-2-26-12-18(19(22)23)21-20(24)25-11-17-15-9-5-3-7-13(15)14-8-4-6-10-16(14)17/h3-10,17-18H,2,11-12H2,1H3,(H,21,24)(H,22,23)/p-1/t18-/m0/s1. The fourth-order valence-electron chi connectivity index (χ4n) is 3.19. The summed E-state index contributed by atoms with van der Waals surface area (Å²) < 4.78 is 5.35. The molecule has 0 aromatic heterocycles.